The summed E-state index contributed by atoms with van der Waals surface area (Å²) in [4.78, 5) is 28.6. The van der Waals surface area contributed by atoms with Crippen LogP contribution < -0.4 is 5.43 Å². The minimum Gasteiger partial charge on any atom is -0.450 e. The predicted molar refractivity (Wildman–Crippen MR) is 121 cm³/mol. The van der Waals surface area contributed by atoms with E-state index in [0.29, 0.717) is 22.5 Å². The van der Waals surface area contributed by atoms with Gasteiger partial charge in [-0.25, -0.2) is 4.39 Å². The molecule has 0 spiro atoms. The van der Waals surface area contributed by atoms with E-state index in [1.807, 2.05) is 24.3 Å². The SMILES string of the molecule is CC(C)c1ccc(C2c3c(oc4ccccc4c3=O)C(=O)N2Cc2ccc(F)cc2)cc1. The van der Waals surface area contributed by atoms with Crippen LogP contribution in [-0.4, -0.2) is 10.8 Å². The first-order valence-corrected chi connectivity index (χ1v) is 10.6. The minimum absolute atomic E-state index is 0.0775. The second kappa shape index (κ2) is 7.75. The quantitative estimate of drug-likeness (QED) is 0.414. The summed E-state index contributed by atoms with van der Waals surface area (Å²) in [6.45, 7) is 4.46. The highest BCUT2D eigenvalue weighted by Crippen LogP contribution is 2.39. The Bertz CT molecular complexity index is 1370. The van der Waals surface area contributed by atoms with Crippen molar-refractivity contribution in [2.24, 2.45) is 0 Å². The van der Waals surface area contributed by atoms with Crippen LogP contribution in [0.4, 0.5) is 4.39 Å². The number of rotatable bonds is 4. The fourth-order valence-corrected chi connectivity index (χ4v) is 4.33. The zero-order valence-corrected chi connectivity index (χ0v) is 17.8. The van der Waals surface area contributed by atoms with Crippen molar-refractivity contribution in [3.05, 3.63) is 117 Å². The van der Waals surface area contributed by atoms with Gasteiger partial charge in [-0.2, -0.15) is 0 Å². The molecule has 1 unspecified atom stereocenters. The molecule has 0 aliphatic carbocycles. The Morgan fingerprint density at radius 2 is 1.62 bits per heavy atom. The largest absolute Gasteiger partial charge is 0.450 e. The maximum Gasteiger partial charge on any atom is 0.291 e. The van der Waals surface area contributed by atoms with Crippen LogP contribution in [0.1, 0.15) is 58.6 Å². The first-order valence-electron chi connectivity index (χ1n) is 10.6. The third kappa shape index (κ3) is 3.30. The number of fused-ring (bicyclic) bond motifs is 2. The van der Waals surface area contributed by atoms with Crippen LogP contribution in [0.3, 0.4) is 0 Å². The molecule has 0 saturated carbocycles. The topological polar surface area (TPSA) is 50.5 Å². The summed E-state index contributed by atoms with van der Waals surface area (Å²) < 4.78 is 19.4. The van der Waals surface area contributed by atoms with E-state index in [1.54, 1.807) is 41.3 Å². The molecule has 4 aromatic rings. The van der Waals surface area contributed by atoms with Crippen LogP contribution in [-0.2, 0) is 6.54 Å². The summed E-state index contributed by atoms with van der Waals surface area (Å²) in [5.41, 5.74) is 3.33. The van der Waals surface area contributed by atoms with Crippen molar-refractivity contribution in [1.29, 1.82) is 0 Å². The zero-order chi connectivity index (χ0) is 22.4. The van der Waals surface area contributed by atoms with Gasteiger partial charge in [-0.3, -0.25) is 9.59 Å². The molecule has 0 fully saturated rings. The van der Waals surface area contributed by atoms with Crippen LogP contribution in [0.5, 0.6) is 0 Å². The first kappa shape index (κ1) is 20.2. The third-order valence-corrected chi connectivity index (χ3v) is 6.06. The second-order valence-corrected chi connectivity index (χ2v) is 8.45. The molecule has 160 valence electrons. The molecule has 1 aromatic heterocycles. The van der Waals surface area contributed by atoms with E-state index in [0.717, 1.165) is 11.1 Å². The fraction of sp³-hybridized carbons (Fsp3) is 0.185. The van der Waals surface area contributed by atoms with Gasteiger partial charge in [0.25, 0.3) is 5.91 Å². The Morgan fingerprint density at radius 3 is 2.31 bits per heavy atom. The van der Waals surface area contributed by atoms with Crippen molar-refractivity contribution >= 4 is 16.9 Å². The van der Waals surface area contributed by atoms with Crippen molar-refractivity contribution in [3.8, 4) is 0 Å². The number of nitrogens with zero attached hydrogens (tertiary/aromatic N) is 1. The molecule has 0 N–H and O–H groups in total. The molecule has 32 heavy (non-hydrogen) atoms. The third-order valence-electron chi connectivity index (χ3n) is 6.06. The lowest BCUT2D eigenvalue weighted by molar-refractivity contribution is 0.0714. The molecule has 5 heteroatoms. The highest BCUT2D eigenvalue weighted by molar-refractivity contribution is 5.99. The van der Waals surface area contributed by atoms with Gasteiger partial charge < -0.3 is 9.32 Å². The maximum absolute atomic E-state index is 13.5. The lowest BCUT2D eigenvalue weighted by Gasteiger charge is -2.25. The molecule has 1 amide bonds. The monoisotopic (exact) mass is 427 g/mol. The second-order valence-electron chi connectivity index (χ2n) is 8.45. The van der Waals surface area contributed by atoms with Crippen molar-refractivity contribution in [2.45, 2.75) is 32.4 Å². The molecule has 1 aliphatic rings. The smallest absolute Gasteiger partial charge is 0.291 e. The standard InChI is InChI=1S/C27H22FNO3/c1-16(2)18-9-11-19(12-10-18)24-23-25(30)21-5-3-4-6-22(21)32-26(23)27(31)29(24)15-17-7-13-20(28)14-8-17/h3-14,16,24H,15H2,1-2H3. The van der Waals surface area contributed by atoms with Crippen LogP contribution in [0.15, 0.2) is 82.0 Å². The maximum atomic E-state index is 13.5. The molecule has 0 radical (unpaired) electrons. The molecular weight excluding hydrogens is 405 g/mol. The van der Waals surface area contributed by atoms with E-state index >= 15 is 0 Å². The van der Waals surface area contributed by atoms with Gasteiger partial charge in [-0.1, -0.05) is 62.4 Å². The molecule has 1 aliphatic heterocycles. The molecule has 2 heterocycles. The summed E-state index contributed by atoms with van der Waals surface area (Å²) in [5, 5.41) is 0.450. The van der Waals surface area contributed by atoms with Crippen molar-refractivity contribution < 1.29 is 13.6 Å². The van der Waals surface area contributed by atoms with Gasteiger partial charge in [0.15, 0.2) is 5.43 Å². The van der Waals surface area contributed by atoms with E-state index in [2.05, 4.69) is 13.8 Å². The normalized spacial score (nSPS) is 15.6. The molecule has 5 rings (SSSR count). The Kier molecular flexibility index (Phi) is 4.89. The van der Waals surface area contributed by atoms with Gasteiger partial charge in [0.2, 0.25) is 5.76 Å². The van der Waals surface area contributed by atoms with Gasteiger partial charge in [0.05, 0.1) is 17.0 Å². The zero-order valence-electron chi connectivity index (χ0n) is 17.8. The van der Waals surface area contributed by atoms with Crippen LogP contribution in [0.2, 0.25) is 0 Å². The lowest BCUT2D eigenvalue weighted by Crippen LogP contribution is -2.29. The Labute approximate surface area is 184 Å². The Morgan fingerprint density at radius 1 is 0.938 bits per heavy atom. The highest BCUT2D eigenvalue weighted by atomic mass is 19.1. The number of carbonyl (C=O) groups excluding carboxylic acids is 1. The van der Waals surface area contributed by atoms with E-state index < -0.39 is 6.04 Å². The van der Waals surface area contributed by atoms with Gasteiger partial charge in [0.1, 0.15) is 11.4 Å². The number of para-hydroxylation sites is 1. The molecule has 4 nitrogen and oxygen atoms in total. The summed E-state index contributed by atoms with van der Waals surface area (Å²) in [6.07, 6.45) is 0. The summed E-state index contributed by atoms with van der Waals surface area (Å²) in [5.74, 6) is -0.238. The van der Waals surface area contributed by atoms with E-state index in [1.165, 1.54) is 17.7 Å². The predicted octanol–water partition coefficient (Wildman–Crippen LogP) is 5.80. The number of halogens is 1. The average Bonchev–Trinajstić information content (AvgIpc) is 3.07. The van der Waals surface area contributed by atoms with Crippen LogP contribution in [0, 0.1) is 5.82 Å². The molecule has 3 aromatic carbocycles. The van der Waals surface area contributed by atoms with Gasteiger partial charge >= 0.3 is 0 Å². The van der Waals surface area contributed by atoms with E-state index in [4.69, 9.17) is 4.42 Å². The number of amides is 1. The van der Waals surface area contributed by atoms with Gasteiger partial charge in [-0.05, 0) is 46.9 Å². The first-order chi connectivity index (χ1) is 15.4. The van der Waals surface area contributed by atoms with Gasteiger partial charge in [0, 0.05) is 6.54 Å². The van der Waals surface area contributed by atoms with Crippen LogP contribution in [0.25, 0.3) is 11.0 Å². The van der Waals surface area contributed by atoms with E-state index in [-0.39, 0.29) is 29.5 Å². The van der Waals surface area contributed by atoms with Crippen LogP contribution >= 0.6 is 0 Å². The average molecular weight is 427 g/mol. The van der Waals surface area contributed by atoms with Crippen molar-refractivity contribution in [1.82, 2.24) is 4.90 Å². The van der Waals surface area contributed by atoms with E-state index in [9.17, 15) is 14.0 Å². The summed E-state index contributed by atoms with van der Waals surface area (Å²) in [7, 11) is 0. The number of carbonyl (C=O) groups is 1. The van der Waals surface area contributed by atoms with Gasteiger partial charge in [-0.15, -0.1) is 0 Å². The lowest BCUT2D eigenvalue weighted by atomic mass is 9.95. The fourth-order valence-electron chi connectivity index (χ4n) is 4.33. The highest BCUT2D eigenvalue weighted by Gasteiger charge is 2.42. The van der Waals surface area contributed by atoms with Crippen molar-refractivity contribution in [3.63, 3.8) is 0 Å². The minimum atomic E-state index is -0.579. The molecule has 1 atom stereocenters. The van der Waals surface area contributed by atoms with Crippen molar-refractivity contribution in [2.75, 3.05) is 0 Å². The number of benzene rings is 3. The number of hydrogen-bond donors (Lipinski definition) is 0. The Balaban J connectivity index is 1.68. The molecule has 0 bridgehead atoms. The Hall–Kier alpha value is -3.73. The molecule has 0 saturated heterocycles. The summed E-state index contributed by atoms with van der Waals surface area (Å²) in [6, 6.07) is 20.4. The number of hydrogen-bond acceptors (Lipinski definition) is 3. The molecular formula is C27H22FNO3. The summed E-state index contributed by atoms with van der Waals surface area (Å²) >= 11 is 0.